The van der Waals surface area contributed by atoms with Gasteiger partial charge < -0.3 is 19.3 Å². The summed E-state index contributed by atoms with van der Waals surface area (Å²) >= 11 is 3.36. The number of carbonyl (C=O) groups excluding carboxylic acids is 4. The summed E-state index contributed by atoms with van der Waals surface area (Å²) < 4.78 is 13.8. The highest BCUT2D eigenvalue weighted by atomic mass is 79.9. The Kier molecular flexibility index (Phi) is 22.2. The van der Waals surface area contributed by atoms with Gasteiger partial charge in [-0.1, -0.05) is 76.6 Å². The minimum absolute atomic E-state index is 0.181. The molecule has 0 aliphatic rings. The lowest BCUT2D eigenvalue weighted by Gasteiger charge is -2.05. The quantitative estimate of drug-likeness (QED) is 0.132. The molecule has 0 aromatic heterocycles. The average Bonchev–Trinajstić information content (AvgIpc) is 3.06. The van der Waals surface area contributed by atoms with Crippen molar-refractivity contribution < 1.29 is 38.5 Å². The van der Waals surface area contributed by atoms with Crippen molar-refractivity contribution in [3.8, 4) is 11.5 Å². The third-order valence-electron chi connectivity index (χ3n) is 4.87. The molecule has 4 aromatic carbocycles. The molecule has 1 N–H and O–H groups in total. The summed E-state index contributed by atoms with van der Waals surface area (Å²) in [6, 6.07) is 33.4. The maximum atomic E-state index is 10.5. The minimum Gasteiger partial charge on any atom is -0.508 e. The van der Waals surface area contributed by atoms with Crippen LogP contribution in [0.4, 0.5) is 0 Å². The van der Waals surface area contributed by atoms with Gasteiger partial charge in [-0.2, -0.15) is 0 Å². The van der Waals surface area contributed by atoms with E-state index in [1.54, 1.807) is 36.4 Å². The number of aromatic hydroxyl groups is 1. The van der Waals surface area contributed by atoms with Crippen molar-refractivity contribution in [3.05, 3.63) is 131 Å². The van der Waals surface area contributed by atoms with E-state index in [-0.39, 0.29) is 17.7 Å². The standard InChI is InChI=1S/C14H12O2.C7H7Br.C7H6O2.2C3H6O2/c15-10-12-6-8-14(9-7-12)16-11-13-4-2-1-3-5-13;8-6-7-4-2-1-3-5-7;8-5-6-1-3-7(9)4-2-6;2*1-3(4)5-2/h1-10H,11H2;1-5H,6H2;1-5,9H;2*1-2H3. The van der Waals surface area contributed by atoms with Crippen molar-refractivity contribution in [1.29, 1.82) is 0 Å². The van der Waals surface area contributed by atoms with Crippen LogP contribution in [-0.2, 0) is 31.0 Å². The Morgan fingerprint density at radius 1 is 0.651 bits per heavy atom. The van der Waals surface area contributed by atoms with E-state index in [0.29, 0.717) is 17.7 Å². The molecule has 0 saturated heterocycles. The van der Waals surface area contributed by atoms with Crippen molar-refractivity contribution in [2.24, 2.45) is 0 Å². The van der Waals surface area contributed by atoms with Crippen molar-refractivity contribution >= 4 is 40.4 Å². The van der Waals surface area contributed by atoms with Gasteiger partial charge in [0.15, 0.2) is 0 Å². The van der Waals surface area contributed by atoms with E-state index in [4.69, 9.17) is 9.84 Å². The van der Waals surface area contributed by atoms with Gasteiger partial charge in [-0.15, -0.1) is 0 Å². The molecule has 8 nitrogen and oxygen atoms in total. The third kappa shape index (κ3) is 21.6. The van der Waals surface area contributed by atoms with Gasteiger partial charge in [0.2, 0.25) is 0 Å². The number of aldehydes is 2. The summed E-state index contributed by atoms with van der Waals surface area (Å²) in [7, 11) is 2.70. The molecule has 0 saturated carbocycles. The Morgan fingerprint density at radius 2 is 1.02 bits per heavy atom. The molecule has 0 atom stereocenters. The van der Waals surface area contributed by atoms with Crippen LogP contribution in [0, 0.1) is 0 Å². The number of benzene rings is 4. The van der Waals surface area contributed by atoms with Crippen LogP contribution in [0.2, 0.25) is 0 Å². The first-order chi connectivity index (χ1) is 20.7. The summed E-state index contributed by atoms with van der Waals surface area (Å²) in [5.41, 5.74) is 3.69. The zero-order valence-electron chi connectivity index (χ0n) is 24.6. The fraction of sp³-hybridized carbons (Fsp3) is 0.176. The Balaban J connectivity index is 0.000000560. The molecule has 0 spiro atoms. The first-order valence-corrected chi connectivity index (χ1v) is 14.0. The normalized spacial score (nSPS) is 8.77. The molecular weight excluding hydrogens is 616 g/mol. The van der Waals surface area contributed by atoms with Crippen LogP contribution in [0.5, 0.6) is 11.5 Å². The van der Waals surface area contributed by atoms with Gasteiger partial charge in [-0.05, 0) is 59.7 Å². The van der Waals surface area contributed by atoms with Crippen molar-refractivity contribution in [1.82, 2.24) is 0 Å². The van der Waals surface area contributed by atoms with Gasteiger partial charge in [0.1, 0.15) is 30.7 Å². The first kappa shape index (κ1) is 38.2. The van der Waals surface area contributed by atoms with E-state index < -0.39 is 0 Å². The SMILES string of the molecule is BrCc1ccccc1.COC(C)=O.COC(C)=O.O=Cc1ccc(O)cc1.O=Cc1ccc(OCc2ccccc2)cc1. The number of alkyl halides is 1. The zero-order valence-corrected chi connectivity index (χ0v) is 26.2. The number of ether oxygens (including phenoxy) is 3. The van der Waals surface area contributed by atoms with E-state index in [1.165, 1.54) is 45.8 Å². The van der Waals surface area contributed by atoms with Gasteiger partial charge in [0, 0.05) is 30.3 Å². The smallest absolute Gasteiger partial charge is 0.302 e. The van der Waals surface area contributed by atoms with Crippen LogP contribution in [0.3, 0.4) is 0 Å². The molecule has 0 aliphatic heterocycles. The molecular formula is C34H37BrO8. The highest BCUT2D eigenvalue weighted by Crippen LogP contribution is 2.13. The number of carbonyl (C=O) groups is 4. The fourth-order valence-corrected chi connectivity index (χ4v) is 2.88. The maximum Gasteiger partial charge on any atom is 0.302 e. The molecule has 0 fully saturated rings. The summed E-state index contributed by atoms with van der Waals surface area (Å²) in [6.45, 7) is 3.27. The van der Waals surface area contributed by atoms with Gasteiger partial charge >= 0.3 is 11.9 Å². The van der Waals surface area contributed by atoms with Crippen molar-refractivity contribution in [3.63, 3.8) is 0 Å². The summed E-state index contributed by atoms with van der Waals surface area (Å²) in [6.07, 6.45) is 1.56. The van der Waals surface area contributed by atoms with E-state index in [2.05, 4.69) is 37.5 Å². The van der Waals surface area contributed by atoms with E-state index >= 15 is 0 Å². The minimum atomic E-state index is -0.245. The Morgan fingerprint density at radius 3 is 1.35 bits per heavy atom. The Bertz CT molecular complexity index is 1280. The van der Waals surface area contributed by atoms with E-state index in [0.717, 1.165) is 29.2 Å². The Hall–Kier alpha value is -4.76. The monoisotopic (exact) mass is 652 g/mol. The molecule has 0 bridgehead atoms. The number of halogens is 1. The van der Waals surface area contributed by atoms with Crippen LogP contribution >= 0.6 is 15.9 Å². The summed E-state index contributed by atoms with van der Waals surface area (Å²) in [5, 5.41) is 9.69. The zero-order chi connectivity index (χ0) is 32.3. The van der Waals surface area contributed by atoms with Crippen molar-refractivity contribution in [2.75, 3.05) is 14.2 Å². The maximum absolute atomic E-state index is 10.5. The van der Waals surface area contributed by atoms with Crippen molar-refractivity contribution in [2.45, 2.75) is 25.8 Å². The predicted octanol–water partition coefficient (Wildman–Crippen LogP) is 7.22. The van der Waals surface area contributed by atoms with Crippen LogP contribution in [0.1, 0.15) is 45.7 Å². The van der Waals surface area contributed by atoms with Gasteiger partial charge in [-0.25, -0.2) is 0 Å². The number of methoxy groups -OCH3 is 2. The molecule has 4 rings (SSSR count). The van der Waals surface area contributed by atoms with Crippen LogP contribution in [-0.4, -0.2) is 43.8 Å². The topological polar surface area (TPSA) is 116 Å². The molecule has 9 heteroatoms. The fourth-order valence-electron chi connectivity index (χ4n) is 2.50. The van der Waals surface area contributed by atoms with Crippen LogP contribution in [0.25, 0.3) is 0 Å². The number of esters is 2. The van der Waals surface area contributed by atoms with Gasteiger partial charge in [-0.3, -0.25) is 19.2 Å². The van der Waals surface area contributed by atoms with Crippen LogP contribution in [0.15, 0.2) is 109 Å². The number of hydrogen-bond acceptors (Lipinski definition) is 8. The third-order valence-corrected chi connectivity index (χ3v) is 5.51. The number of phenols is 1. The Labute approximate surface area is 261 Å². The molecule has 0 radical (unpaired) electrons. The number of rotatable bonds is 6. The second-order valence-electron chi connectivity index (χ2n) is 8.18. The van der Waals surface area contributed by atoms with Gasteiger partial charge in [0.25, 0.3) is 0 Å². The molecule has 228 valence electrons. The second kappa shape index (κ2) is 25.0. The van der Waals surface area contributed by atoms with Gasteiger partial charge in [0.05, 0.1) is 14.2 Å². The highest BCUT2D eigenvalue weighted by Gasteiger charge is 1.95. The molecule has 4 aromatic rings. The largest absolute Gasteiger partial charge is 0.508 e. The molecule has 0 heterocycles. The predicted molar refractivity (Wildman–Crippen MR) is 171 cm³/mol. The lowest BCUT2D eigenvalue weighted by atomic mass is 10.2. The lowest BCUT2D eigenvalue weighted by molar-refractivity contribution is -0.138. The van der Waals surface area contributed by atoms with E-state index in [1.807, 2.05) is 48.5 Å². The molecule has 43 heavy (non-hydrogen) atoms. The number of phenolic OH excluding ortho intramolecular Hbond substituents is 1. The van der Waals surface area contributed by atoms with Crippen LogP contribution < -0.4 is 4.74 Å². The summed E-state index contributed by atoms with van der Waals surface area (Å²) in [4.78, 5) is 39.7. The van der Waals surface area contributed by atoms with E-state index in [9.17, 15) is 19.2 Å². The molecule has 0 unspecified atom stereocenters. The second-order valence-corrected chi connectivity index (χ2v) is 8.74. The lowest BCUT2D eigenvalue weighted by Crippen LogP contribution is -1.94. The highest BCUT2D eigenvalue weighted by molar-refractivity contribution is 9.08. The molecule has 0 amide bonds. The molecule has 0 aliphatic carbocycles. The summed E-state index contributed by atoms with van der Waals surface area (Å²) in [5.74, 6) is 0.463. The first-order valence-electron chi connectivity index (χ1n) is 12.8. The number of hydrogen-bond donors (Lipinski definition) is 1. The average molecular weight is 654 g/mol.